The molecule has 0 bridgehead atoms. The quantitative estimate of drug-likeness (QED) is 0.594. The first-order valence-corrected chi connectivity index (χ1v) is 10.0. The van der Waals surface area contributed by atoms with Gasteiger partial charge in [-0.3, -0.25) is 9.89 Å². The van der Waals surface area contributed by atoms with Crippen LogP contribution in [-0.2, 0) is 4.79 Å². The van der Waals surface area contributed by atoms with Crippen LogP contribution < -0.4 is 5.32 Å². The standard InChI is InChI=1S/C21H24N4OS/c1-4-18(16-9-5-14(2)6-10-16)22-19(26)13-27-21-23-20(24-25-21)17-11-7-15(3)8-12-17/h5-12,18H,4,13H2,1-3H3,(H,22,26)(H,23,24,25)/t18-/m1/s1. The molecule has 0 saturated heterocycles. The molecule has 2 aromatic carbocycles. The van der Waals surface area contributed by atoms with E-state index in [0.717, 1.165) is 17.5 Å². The number of carbonyl (C=O) groups is 1. The number of benzene rings is 2. The van der Waals surface area contributed by atoms with Gasteiger partial charge in [-0.25, -0.2) is 4.98 Å². The van der Waals surface area contributed by atoms with Crippen LogP contribution in [0.15, 0.2) is 53.7 Å². The van der Waals surface area contributed by atoms with Crippen molar-refractivity contribution in [2.24, 2.45) is 0 Å². The molecule has 5 nitrogen and oxygen atoms in total. The monoisotopic (exact) mass is 380 g/mol. The van der Waals surface area contributed by atoms with Crippen LogP contribution in [0.1, 0.15) is 36.1 Å². The van der Waals surface area contributed by atoms with Crippen LogP contribution in [0.2, 0.25) is 0 Å². The van der Waals surface area contributed by atoms with Crippen molar-refractivity contribution in [2.75, 3.05) is 5.75 Å². The van der Waals surface area contributed by atoms with Gasteiger partial charge in [-0.05, 0) is 25.8 Å². The fourth-order valence-electron chi connectivity index (χ4n) is 2.74. The topological polar surface area (TPSA) is 70.7 Å². The predicted octanol–water partition coefficient (Wildman–Crippen LogP) is 4.45. The number of aromatic amines is 1. The molecule has 1 heterocycles. The molecule has 0 fully saturated rings. The summed E-state index contributed by atoms with van der Waals surface area (Å²) < 4.78 is 0. The fraction of sp³-hybridized carbons (Fsp3) is 0.286. The Labute approximate surface area is 164 Å². The lowest BCUT2D eigenvalue weighted by Crippen LogP contribution is -2.29. The summed E-state index contributed by atoms with van der Waals surface area (Å²) in [4.78, 5) is 16.8. The van der Waals surface area contributed by atoms with Gasteiger partial charge in [-0.15, -0.1) is 5.10 Å². The summed E-state index contributed by atoms with van der Waals surface area (Å²) in [5.74, 6) is 0.978. The molecule has 0 saturated carbocycles. The minimum Gasteiger partial charge on any atom is -0.349 e. The third-order valence-corrected chi connectivity index (χ3v) is 5.19. The number of nitrogens with zero attached hydrogens (tertiary/aromatic N) is 2. The predicted molar refractivity (Wildman–Crippen MR) is 110 cm³/mol. The molecule has 0 aliphatic carbocycles. The number of aromatic nitrogens is 3. The van der Waals surface area contributed by atoms with E-state index in [1.165, 1.54) is 22.9 Å². The van der Waals surface area contributed by atoms with Gasteiger partial charge in [0.1, 0.15) is 0 Å². The second kappa shape index (κ2) is 8.86. The second-order valence-corrected chi connectivity index (χ2v) is 7.50. The van der Waals surface area contributed by atoms with Gasteiger partial charge in [0.25, 0.3) is 0 Å². The molecule has 3 aromatic rings. The van der Waals surface area contributed by atoms with E-state index >= 15 is 0 Å². The highest BCUT2D eigenvalue weighted by atomic mass is 32.2. The molecule has 6 heteroatoms. The first-order chi connectivity index (χ1) is 13.0. The highest BCUT2D eigenvalue weighted by Crippen LogP contribution is 2.21. The number of rotatable bonds is 7. The zero-order valence-corrected chi connectivity index (χ0v) is 16.6. The Kier molecular flexibility index (Phi) is 6.29. The fourth-order valence-corrected chi connectivity index (χ4v) is 3.35. The van der Waals surface area contributed by atoms with E-state index in [1.807, 2.05) is 31.2 Å². The lowest BCUT2D eigenvalue weighted by atomic mass is 10.0. The molecule has 1 amide bonds. The van der Waals surface area contributed by atoms with Crippen molar-refractivity contribution in [1.82, 2.24) is 20.5 Å². The van der Waals surface area contributed by atoms with Crippen molar-refractivity contribution in [3.05, 3.63) is 65.2 Å². The number of thioether (sulfide) groups is 1. The maximum Gasteiger partial charge on any atom is 0.230 e. The minimum atomic E-state index is -0.0193. The SMILES string of the molecule is CC[C@@H](NC(=O)CSc1n[nH]c(-c2ccc(C)cc2)n1)c1ccc(C)cc1. The van der Waals surface area contributed by atoms with Gasteiger partial charge in [0.05, 0.1) is 11.8 Å². The van der Waals surface area contributed by atoms with Crippen molar-refractivity contribution in [3.8, 4) is 11.4 Å². The van der Waals surface area contributed by atoms with Gasteiger partial charge < -0.3 is 5.32 Å². The molecular weight excluding hydrogens is 356 g/mol. The van der Waals surface area contributed by atoms with E-state index in [4.69, 9.17) is 0 Å². The van der Waals surface area contributed by atoms with Crippen LogP contribution in [0.25, 0.3) is 11.4 Å². The van der Waals surface area contributed by atoms with Crippen LogP contribution in [0, 0.1) is 13.8 Å². The highest BCUT2D eigenvalue weighted by molar-refractivity contribution is 7.99. The molecule has 140 valence electrons. The minimum absolute atomic E-state index is 0.0193. The van der Waals surface area contributed by atoms with Gasteiger partial charge >= 0.3 is 0 Å². The van der Waals surface area contributed by atoms with Gasteiger partial charge in [0.15, 0.2) is 5.82 Å². The lowest BCUT2D eigenvalue weighted by molar-refractivity contribution is -0.119. The summed E-state index contributed by atoms with van der Waals surface area (Å²) in [5, 5.41) is 10.8. The van der Waals surface area contributed by atoms with Crippen molar-refractivity contribution >= 4 is 17.7 Å². The Morgan fingerprint density at radius 3 is 2.33 bits per heavy atom. The molecule has 2 N–H and O–H groups in total. The van der Waals surface area contributed by atoms with Crippen LogP contribution in [0.5, 0.6) is 0 Å². The number of nitrogens with one attached hydrogen (secondary N) is 2. The highest BCUT2D eigenvalue weighted by Gasteiger charge is 2.14. The summed E-state index contributed by atoms with van der Waals surface area (Å²) >= 11 is 1.33. The van der Waals surface area contributed by atoms with Gasteiger partial charge in [-0.2, -0.15) is 0 Å². The maximum atomic E-state index is 12.3. The van der Waals surface area contributed by atoms with Crippen molar-refractivity contribution in [1.29, 1.82) is 0 Å². The molecule has 1 atom stereocenters. The van der Waals surface area contributed by atoms with E-state index in [2.05, 4.69) is 58.6 Å². The van der Waals surface area contributed by atoms with Crippen LogP contribution >= 0.6 is 11.8 Å². The second-order valence-electron chi connectivity index (χ2n) is 6.56. The van der Waals surface area contributed by atoms with Crippen LogP contribution in [0.3, 0.4) is 0 Å². The van der Waals surface area contributed by atoms with E-state index in [0.29, 0.717) is 11.0 Å². The lowest BCUT2D eigenvalue weighted by Gasteiger charge is -2.17. The maximum absolute atomic E-state index is 12.3. The zero-order valence-electron chi connectivity index (χ0n) is 15.8. The molecule has 3 rings (SSSR count). The molecule has 0 spiro atoms. The number of carbonyl (C=O) groups excluding carboxylic acids is 1. The Bertz CT molecular complexity index is 887. The summed E-state index contributed by atoms with van der Waals surface area (Å²) in [7, 11) is 0. The average molecular weight is 381 g/mol. The van der Waals surface area contributed by atoms with Gasteiger partial charge in [-0.1, -0.05) is 78.3 Å². The zero-order chi connectivity index (χ0) is 19.2. The van der Waals surface area contributed by atoms with Crippen molar-refractivity contribution < 1.29 is 4.79 Å². The number of hydrogen-bond donors (Lipinski definition) is 2. The summed E-state index contributed by atoms with van der Waals surface area (Å²) in [6, 6.07) is 16.4. The Balaban J connectivity index is 1.55. The first-order valence-electron chi connectivity index (χ1n) is 9.03. The molecule has 0 aliphatic rings. The molecule has 1 aromatic heterocycles. The summed E-state index contributed by atoms with van der Waals surface area (Å²) in [6.45, 7) is 6.17. The summed E-state index contributed by atoms with van der Waals surface area (Å²) in [6.07, 6.45) is 0.845. The number of hydrogen-bond acceptors (Lipinski definition) is 4. The van der Waals surface area contributed by atoms with E-state index in [1.54, 1.807) is 0 Å². The largest absolute Gasteiger partial charge is 0.349 e. The van der Waals surface area contributed by atoms with Gasteiger partial charge in [0, 0.05) is 5.56 Å². The first kappa shape index (κ1) is 19.2. The van der Waals surface area contributed by atoms with Gasteiger partial charge in [0.2, 0.25) is 11.1 Å². The summed E-state index contributed by atoms with van der Waals surface area (Å²) in [5.41, 5.74) is 4.52. The third kappa shape index (κ3) is 5.20. The molecule has 0 radical (unpaired) electrons. The van der Waals surface area contributed by atoms with Crippen molar-refractivity contribution in [2.45, 2.75) is 38.4 Å². The molecule has 0 unspecified atom stereocenters. The van der Waals surface area contributed by atoms with E-state index < -0.39 is 0 Å². The number of H-pyrrole nitrogens is 1. The van der Waals surface area contributed by atoms with Crippen molar-refractivity contribution in [3.63, 3.8) is 0 Å². The van der Waals surface area contributed by atoms with E-state index in [9.17, 15) is 4.79 Å². The number of amides is 1. The smallest absolute Gasteiger partial charge is 0.230 e. The molecule has 27 heavy (non-hydrogen) atoms. The Morgan fingerprint density at radius 2 is 1.70 bits per heavy atom. The Hall–Kier alpha value is -2.60. The molecular formula is C21H24N4OS. The normalized spacial score (nSPS) is 12.0. The molecule has 0 aliphatic heterocycles. The average Bonchev–Trinajstić information content (AvgIpc) is 3.15. The number of aryl methyl sites for hydroxylation is 2. The van der Waals surface area contributed by atoms with Crippen LogP contribution in [-0.4, -0.2) is 26.8 Å². The van der Waals surface area contributed by atoms with E-state index in [-0.39, 0.29) is 17.7 Å². The Morgan fingerprint density at radius 1 is 1.07 bits per heavy atom. The van der Waals surface area contributed by atoms with Crippen LogP contribution in [0.4, 0.5) is 0 Å². The third-order valence-electron chi connectivity index (χ3n) is 4.35.